The van der Waals surface area contributed by atoms with Crippen LogP contribution < -0.4 is 5.32 Å². The molecular weight excluding hydrogens is 292 g/mol. The van der Waals surface area contributed by atoms with Gasteiger partial charge >= 0.3 is 0 Å². The number of benzene rings is 2. The van der Waals surface area contributed by atoms with Crippen molar-refractivity contribution in [1.82, 2.24) is 4.98 Å². The molecule has 3 aromatic rings. The number of nitrogens with one attached hydrogen (secondary N) is 1. The minimum atomic E-state index is -0.147. The molecule has 0 aliphatic carbocycles. The smallest absolute Gasteiger partial charge is 0.248 e. The number of hydrogen-bond acceptors (Lipinski definition) is 3. The third-order valence-electron chi connectivity index (χ3n) is 3.33. The zero-order chi connectivity index (χ0) is 15.5. The first kappa shape index (κ1) is 14.5. The van der Waals surface area contributed by atoms with E-state index in [0.29, 0.717) is 0 Å². The van der Waals surface area contributed by atoms with E-state index in [1.165, 1.54) is 11.6 Å². The average Bonchev–Trinajstić information content (AvgIpc) is 2.91. The number of amides is 1. The predicted molar refractivity (Wildman–Crippen MR) is 93.2 cm³/mol. The fraction of sp³-hybridized carbons (Fsp3) is 0.111. The Bertz CT molecular complexity index is 831. The Balaban J connectivity index is 1.73. The molecular formula is C18H16N2OS. The van der Waals surface area contributed by atoms with Gasteiger partial charge in [-0.2, -0.15) is 0 Å². The molecule has 1 N–H and O–H groups in total. The lowest BCUT2D eigenvalue weighted by Gasteiger charge is -2.06. The normalized spacial score (nSPS) is 11.2. The summed E-state index contributed by atoms with van der Waals surface area (Å²) in [6.45, 7) is 4.02. The average molecular weight is 308 g/mol. The second kappa shape index (κ2) is 6.12. The Morgan fingerprint density at radius 1 is 1.18 bits per heavy atom. The molecule has 1 amide bonds. The molecule has 0 saturated heterocycles. The van der Waals surface area contributed by atoms with Gasteiger partial charge in [0.05, 0.1) is 10.2 Å². The van der Waals surface area contributed by atoms with Crippen molar-refractivity contribution in [1.29, 1.82) is 0 Å². The van der Waals surface area contributed by atoms with Crippen LogP contribution in [0.5, 0.6) is 0 Å². The number of fused-ring (bicyclic) bond motifs is 1. The van der Waals surface area contributed by atoms with Crippen molar-refractivity contribution in [3.05, 3.63) is 64.7 Å². The number of para-hydroxylation sites is 1. The highest BCUT2D eigenvalue weighted by molar-refractivity contribution is 7.19. The maximum atomic E-state index is 12.0. The molecule has 1 heterocycles. The monoisotopic (exact) mass is 308 g/mol. The summed E-state index contributed by atoms with van der Waals surface area (Å²) >= 11 is 1.57. The van der Waals surface area contributed by atoms with Crippen LogP contribution in [0.4, 0.5) is 5.69 Å². The molecule has 1 aromatic heterocycles. The minimum Gasteiger partial charge on any atom is -0.322 e. The molecule has 0 spiro atoms. The summed E-state index contributed by atoms with van der Waals surface area (Å²) < 4.78 is 1.12. The molecule has 3 rings (SSSR count). The number of rotatable bonds is 3. The third kappa shape index (κ3) is 3.23. The Hall–Kier alpha value is -2.46. The molecule has 0 saturated carbocycles. The van der Waals surface area contributed by atoms with Crippen molar-refractivity contribution < 1.29 is 4.79 Å². The molecule has 0 bridgehead atoms. The molecule has 0 fully saturated rings. The maximum absolute atomic E-state index is 12.0. The summed E-state index contributed by atoms with van der Waals surface area (Å²) in [5.41, 5.74) is 4.04. The van der Waals surface area contributed by atoms with Crippen LogP contribution in [0.25, 0.3) is 16.3 Å². The lowest BCUT2D eigenvalue weighted by molar-refractivity contribution is -0.111. The number of aryl methyl sites for hydroxylation is 2. The van der Waals surface area contributed by atoms with Gasteiger partial charge in [-0.25, -0.2) is 4.98 Å². The van der Waals surface area contributed by atoms with Gasteiger partial charge in [-0.05, 0) is 43.7 Å². The molecule has 4 heteroatoms. The van der Waals surface area contributed by atoms with E-state index < -0.39 is 0 Å². The standard InChI is InChI=1S/C18H16N2OS/c1-12-7-8-14(13(2)11-12)19-17(21)9-10-18-20-15-5-3-4-6-16(15)22-18/h3-11H,1-2H3,(H,19,21). The van der Waals surface area contributed by atoms with Crippen LogP contribution in [0.1, 0.15) is 16.1 Å². The highest BCUT2D eigenvalue weighted by atomic mass is 32.1. The molecule has 22 heavy (non-hydrogen) atoms. The first-order chi connectivity index (χ1) is 10.6. The van der Waals surface area contributed by atoms with Crippen molar-refractivity contribution in [2.45, 2.75) is 13.8 Å². The Labute approximate surface area is 133 Å². The van der Waals surface area contributed by atoms with E-state index in [-0.39, 0.29) is 5.91 Å². The van der Waals surface area contributed by atoms with Crippen LogP contribution in [0.3, 0.4) is 0 Å². The van der Waals surface area contributed by atoms with E-state index in [1.807, 2.05) is 56.3 Å². The van der Waals surface area contributed by atoms with Crippen LogP contribution >= 0.6 is 11.3 Å². The molecule has 0 unspecified atom stereocenters. The van der Waals surface area contributed by atoms with E-state index in [4.69, 9.17) is 0 Å². The topological polar surface area (TPSA) is 42.0 Å². The maximum Gasteiger partial charge on any atom is 0.248 e. The van der Waals surface area contributed by atoms with E-state index in [2.05, 4.69) is 10.3 Å². The van der Waals surface area contributed by atoms with Gasteiger partial charge in [-0.1, -0.05) is 29.8 Å². The van der Waals surface area contributed by atoms with Gasteiger partial charge in [-0.3, -0.25) is 4.79 Å². The van der Waals surface area contributed by atoms with Crippen LogP contribution in [-0.4, -0.2) is 10.9 Å². The molecule has 0 atom stereocenters. The quantitative estimate of drug-likeness (QED) is 0.720. The summed E-state index contributed by atoms with van der Waals surface area (Å²) in [7, 11) is 0. The number of carbonyl (C=O) groups is 1. The van der Waals surface area contributed by atoms with Crippen molar-refractivity contribution in [3.63, 3.8) is 0 Å². The lowest BCUT2D eigenvalue weighted by atomic mass is 10.1. The van der Waals surface area contributed by atoms with Crippen molar-refractivity contribution in [3.8, 4) is 0 Å². The summed E-state index contributed by atoms with van der Waals surface area (Å²) in [5.74, 6) is -0.147. The Morgan fingerprint density at radius 3 is 2.77 bits per heavy atom. The van der Waals surface area contributed by atoms with Gasteiger partial charge in [0.15, 0.2) is 0 Å². The molecule has 3 nitrogen and oxygen atoms in total. The third-order valence-corrected chi connectivity index (χ3v) is 4.33. The summed E-state index contributed by atoms with van der Waals surface area (Å²) in [4.78, 5) is 16.5. The van der Waals surface area contributed by atoms with Crippen LogP contribution in [0, 0.1) is 13.8 Å². The van der Waals surface area contributed by atoms with Crippen molar-refractivity contribution in [2.24, 2.45) is 0 Å². The van der Waals surface area contributed by atoms with E-state index in [9.17, 15) is 4.79 Å². The van der Waals surface area contributed by atoms with Crippen LogP contribution in [-0.2, 0) is 4.79 Å². The van der Waals surface area contributed by atoms with Gasteiger partial charge in [-0.15, -0.1) is 11.3 Å². The SMILES string of the molecule is Cc1ccc(NC(=O)C=Cc2nc3ccccc3s2)c(C)c1. The number of thiazole rings is 1. The predicted octanol–water partition coefficient (Wildman–Crippen LogP) is 4.57. The van der Waals surface area contributed by atoms with Gasteiger partial charge in [0, 0.05) is 11.8 Å². The molecule has 2 aromatic carbocycles. The molecule has 0 aliphatic heterocycles. The highest BCUT2D eigenvalue weighted by Gasteiger charge is 2.03. The van der Waals surface area contributed by atoms with Crippen molar-refractivity contribution in [2.75, 3.05) is 5.32 Å². The zero-order valence-corrected chi connectivity index (χ0v) is 13.3. The van der Waals surface area contributed by atoms with Gasteiger partial charge in [0.2, 0.25) is 5.91 Å². The minimum absolute atomic E-state index is 0.147. The molecule has 110 valence electrons. The highest BCUT2D eigenvalue weighted by Crippen LogP contribution is 2.22. The largest absolute Gasteiger partial charge is 0.322 e. The first-order valence-corrected chi connectivity index (χ1v) is 7.85. The Morgan fingerprint density at radius 2 is 2.00 bits per heavy atom. The first-order valence-electron chi connectivity index (χ1n) is 7.04. The Kier molecular flexibility index (Phi) is 4.02. The number of anilines is 1. The fourth-order valence-corrected chi connectivity index (χ4v) is 3.11. The van der Waals surface area contributed by atoms with Crippen molar-refractivity contribution >= 4 is 39.2 Å². The number of hydrogen-bond donors (Lipinski definition) is 1. The summed E-state index contributed by atoms with van der Waals surface area (Å²) in [5, 5.41) is 3.72. The second-order valence-electron chi connectivity index (χ2n) is 5.16. The fourth-order valence-electron chi connectivity index (χ4n) is 2.24. The van der Waals surface area contributed by atoms with E-state index in [1.54, 1.807) is 17.4 Å². The van der Waals surface area contributed by atoms with Gasteiger partial charge in [0.1, 0.15) is 5.01 Å². The van der Waals surface area contributed by atoms with Gasteiger partial charge in [0.25, 0.3) is 0 Å². The number of aromatic nitrogens is 1. The summed E-state index contributed by atoms with van der Waals surface area (Å²) in [6.07, 6.45) is 3.28. The van der Waals surface area contributed by atoms with Gasteiger partial charge < -0.3 is 5.32 Å². The molecule has 0 aliphatic rings. The van der Waals surface area contributed by atoms with Crippen LogP contribution in [0.2, 0.25) is 0 Å². The van der Waals surface area contributed by atoms with E-state index in [0.717, 1.165) is 26.5 Å². The van der Waals surface area contributed by atoms with Crippen LogP contribution in [0.15, 0.2) is 48.5 Å². The summed E-state index contributed by atoms with van der Waals surface area (Å²) in [6, 6.07) is 13.9. The lowest BCUT2D eigenvalue weighted by Crippen LogP contribution is -2.08. The second-order valence-corrected chi connectivity index (χ2v) is 6.22. The van der Waals surface area contributed by atoms with E-state index >= 15 is 0 Å². The zero-order valence-electron chi connectivity index (χ0n) is 12.5. The number of nitrogens with zero attached hydrogens (tertiary/aromatic N) is 1. The number of carbonyl (C=O) groups excluding carboxylic acids is 1. The molecule has 0 radical (unpaired) electrons.